The second-order valence-electron chi connectivity index (χ2n) is 7.16. The lowest BCUT2D eigenvalue weighted by Crippen LogP contribution is -2.45. The molecule has 1 aliphatic rings. The van der Waals surface area contributed by atoms with Gasteiger partial charge in [-0.1, -0.05) is 19.1 Å². The fraction of sp³-hybridized carbons (Fsp3) is 0.571. The summed E-state index contributed by atoms with van der Waals surface area (Å²) < 4.78 is 0. The van der Waals surface area contributed by atoms with E-state index in [1.165, 1.54) is 0 Å². The highest BCUT2D eigenvalue weighted by molar-refractivity contribution is 14.0. The Morgan fingerprint density at radius 2 is 1.93 bits per heavy atom. The molecule has 8 heteroatoms. The molecule has 1 aliphatic heterocycles. The number of rotatable bonds is 7. The summed E-state index contributed by atoms with van der Waals surface area (Å²) in [4.78, 5) is 30.3. The number of amides is 2. The van der Waals surface area contributed by atoms with E-state index in [-0.39, 0.29) is 35.8 Å². The second-order valence-corrected chi connectivity index (χ2v) is 7.16. The highest BCUT2D eigenvalue weighted by Crippen LogP contribution is 2.20. The number of nitrogens with zero attached hydrogens (tertiary/aromatic N) is 2. The van der Waals surface area contributed by atoms with Crippen molar-refractivity contribution in [2.45, 2.75) is 39.2 Å². The number of guanidine groups is 1. The molecule has 1 aromatic rings. The second kappa shape index (κ2) is 13.4. The molecule has 0 aromatic heterocycles. The van der Waals surface area contributed by atoms with Crippen molar-refractivity contribution in [2.24, 2.45) is 10.9 Å². The fourth-order valence-corrected chi connectivity index (χ4v) is 3.39. The standard InChI is InChI=1S/C21H33N5O2.HI/c1-4-10-24-20(28)18-7-5-6-17(13-18)15-25-21(23-3)26-11-8-16(9-12-26)14-19(27)22-2;/h5-7,13,16H,4,8-12,14-15H2,1-3H3,(H,22,27)(H,23,25)(H,24,28);1H. The zero-order chi connectivity index (χ0) is 20.4. The van der Waals surface area contributed by atoms with Crippen LogP contribution in [-0.4, -0.2) is 56.4 Å². The minimum absolute atomic E-state index is 0. The first-order chi connectivity index (χ1) is 13.6. The van der Waals surface area contributed by atoms with E-state index >= 15 is 0 Å². The molecule has 1 heterocycles. The molecule has 0 unspecified atom stereocenters. The molecule has 0 radical (unpaired) electrons. The molecular formula is C21H34IN5O2. The first-order valence-corrected chi connectivity index (χ1v) is 10.1. The molecule has 1 saturated heterocycles. The Balaban J connectivity index is 0.00000420. The predicted octanol–water partition coefficient (Wildman–Crippen LogP) is 2.37. The van der Waals surface area contributed by atoms with Gasteiger partial charge in [0.05, 0.1) is 0 Å². The van der Waals surface area contributed by atoms with Crippen molar-refractivity contribution in [3.05, 3.63) is 35.4 Å². The number of nitrogens with one attached hydrogen (secondary N) is 3. The summed E-state index contributed by atoms with van der Waals surface area (Å²) in [6, 6.07) is 7.67. The summed E-state index contributed by atoms with van der Waals surface area (Å²) in [6.45, 7) is 5.11. The lowest BCUT2D eigenvalue weighted by atomic mass is 9.93. The smallest absolute Gasteiger partial charge is 0.251 e. The third-order valence-corrected chi connectivity index (χ3v) is 5.05. The predicted molar refractivity (Wildman–Crippen MR) is 128 cm³/mol. The van der Waals surface area contributed by atoms with Gasteiger partial charge < -0.3 is 20.9 Å². The molecule has 1 fully saturated rings. The van der Waals surface area contributed by atoms with E-state index < -0.39 is 0 Å². The number of likely N-dealkylation sites (tertiary alicyclic amines) is 1. The van der Waals surface area contributed by atoms with Crippen molar-refractivity contribution in [1.29, 1.82) is 0 Å². The van der Waals surface area contributed by atoms with Crippen molar-refractivity contribution >= 4 is 41.8 Å². The topological polar surface area (TPSA) is 85.8 Å². The third kappa shape index (κ3) is 8.20. The van der Waals surface area contributed by atoms with E-state index in [4.69, 9.17) is 0 Å². The van der Waals surface area contributed by atoms with Crippen LogP contribution in [0.4, 0.5) is 0 Å². The Morgan fingerprint density at radius 1 is 1.21 bits per heavy atom. The van der Waals surface area contributed by atoms with Gasteiger partial charge >= 0.3 is 0 Å². The van der Waals surface area contributed by atoms with Crippen LogP contribution in [0.1, 0.15) is 48.5 Å². The SMILES string of the molecule is CCCNC(=O)c1cccc(CNC(=NC)N2CCC(CC(=O)NC)CC2)c1.I. The molecule has 2 rings (SSSR count). The van der Waals surface area contributed by atoms with Crippen molar-refractivity contribution < 1.29 is 9.59 Å². The van der Waals surface area contributed by atoms with Crippen LogP contribution in [-0.2, 0) is 11.3 Å². The quantitative estimate of drug-likeness (QED) is 0.296. The van der Waals surface area contributed by atoms with E-state index in [0.717, 1.165) is 43.9 Å². The van der Waals surface area contributed by atoms with Crippen LogP contribution in [0.2, 0.25) is 0 Å². The minimum Gasteiger partial charge on any atom is -0.359 e. The maximum absolute atomic E-state index is 12.1. The summed E-state index contributed by atoms with van der Waals surface area (Å²) in [5.74, 6) is 1.38. The number of carbonyl (C=O) groups is 2. The Morgan fingerprint density at radius 3 is 2.55 bits per heavy atom. The molecule has 0 saturated carbocycles. The minimum atomic E-state index is -0.0359. The van der Waals surface area contributed by atoms with Crippen molar-refractivity contribution in [3.63, 3.8) is 0 Å². The van der Waals surface area contributed by atoms with Crippen LogP contribution >= 0.6 is 24.0 Å². The Kier molecular flexibility index (Phi) is 11.6. The molecule has 7 nitrogen and oxygen atoms in total. The van der Waals surface area contributed by atoms with Crippen LogP contribution < -0.4 is 16.0 Å². The van der Waals surface area contributed by atoms with Crippen LogP contribution in [0.15, 0.2) is 29.3 Å². The molecule has 2 amide bonds. The highest BCUT2D eigenvalue weighted by atomic mass is 127. The van der Waals surface area contributed by atoms with Crippen molar-refractivity contribution in [2.75, 3.05) is 33.7 Å². The summed E-state index contributed by atoms with van der Waals surface area (Å²) in [5.41, 5.74) is 1.72. The van der Waals surface area contributed by atoms with E-state index in [1.54, 1.807) is 14.1 Å². The fourth-order valence-electron chi connectivity index (χ4n) is 3.39. The van der Waals surface area contributed by atoms with E-state index in [2.05, 4.69) is 25.8 Å². The number of benzene rings is 1. The largest absolute Gasteiger partial charge is 0.359 e. The molecular weight excluding hydrogens is 481 g/mol. The van der Waals surface area contributed by atoms with Crippen LogP contribution in [0.5, 0.6) is 0 Å². The maximum Gasteiger partial charge on any atom is 0.251 e. The Labute approximate surface area is 191 Å². The monoisotopic (exact) mass is 515 g/mol. The molecule has 0 bridgehead atoms. The van der Waals surface area contributed by atoms with Gasteiger partial charge in [-0.2, -0.15) is 0 Å². The van der Waals surface area contributed by atoms with Crippen molar-refractivity contribution in [1.82, 2.24) is 20.9 Å². The molecule has 0 aliphatic carbocycles. The van der Waals surface area contributed by atoms with Gasteiger partial charge in [0, 0.05) is 52.3 Å². The van der Waals surface area contributed by atoms with Gasteiger partial charge in [-0.3, -0.25) is 14.6 Å². The van der Waals surface area contributed by atoms with E-state index in [9.17, 15) is 9.59 Å². The third-order valence-electron chi connectivity index (χ3n) is 5.05. The lowest BCUT2D eigenvalue weighted by molar-refractivity contribution is -0.121. The average Bonchev–Trinajstić information content (AvgIpc) is 2.73. The number of carbonyl (C=O) groups excluding carboxylic acids is 2. The zero-order valence-electron chi connectivity index (χ0n) is 17.7. The van der Waals surface area contributed by atoms with Gasteiger partial charge in [0.15, 0.2) is 5.96 Å². The van der Waals surface area contributed by atoms with Gasteiger partial charge in [0.2, 0.25) is 5.91 Å². The Bertz CT molecular complexity index is 687. The normalized spacial score (nSPS) is 14.7. The first kappa shape index (κ1) is 25.2. The number of hydrogen-bond acceptors (Lipinski definition) is 3. The molecule has 3 N–H and O–H groups in total. The highest BCUT2D eigenvalue weighted by Gasteiger charge is 2.23. The van der Waals surface area contributed by atoms with Gasteiger partial charge in [-0.15, -0.1) is 24.0 Å². The van der Waals surface area contributed by atoms with Crippen LogP contribution in [0.3, 0.4) is 0 Å². The van der Waals surface area contributed by atoms with Crippen LogP contribution in [0, 0.1) is 5.92 Å². The molecule has 0 atom stereocenters. The lowest BCUT2D eigenvalue weighted by Gasteiger charge is -2.34. The van der Waals surface area contributed by atoms with Gasteiger partial charge in [-0.05, 0) is 42.9 Å². The Hall–Kier alpha value is -1.84. The van der Waals surface area contributed by atoms with E-state index in [0.29, 0.717) is 31.0 Å². The zero-order valence-corrected chi connectivity index (χ0v) is 20.0. The number of halogens is 1. The first-order valence-electron chi connectivity index (χ1n) is 10.1. The summed E-state index contributed by atoms with van der Waals surface area (Å²) in [7, 11) is 3.47. The summed E-state index contributed by atoms with van der Waals surface area (Å²) >= 11 is 0. The van der Waals surface area contributed by atoms with Gasteiger partial charge in [0.25, 0.3) is 5.91 Å². The molecule has 29 heavy (non-hydrogen) atoms. The maximum atomic E-state index is 12.1. The molecule has 0 spiro atoms. The summed E-state index contributed by atoms with van der Waals surface area (Å²) in [6.07, 6.45) is 3.49. The molecule has 1 aromatic carbocycles. The molecule has 162 valence electrons. The summed E-state index contributed by atoms with van der Waals surface area (Å²) in [5, 5.41) is 9.00. The van der Waals surface area contributed by atoms with E-state index in [1.807, 2.05) is 31.2 Å². The average molecular weight is 515 g/mol. The van der Waals surface area contributed by atoms with Crippen molar-refractivity contribution in [3.8, 4) is 0 Å². The number of aliphatic imine (C=N–C) groups is 1. The van der Waals surface area contributed by atoms with Gasteiger partial charge in [0.1, 0.15) is 0 Å². The van der Waals surface area contributed by atoms with Gasteiger partial charge in [-0.25, -0.2) is 0 Å². The van der Waals surface area contributed by atoms with Crippen LogP contribution in [0.25, 0.3) is 0 Å². The number of piperidine rings is 1. The number of hydrogen-bond donors (Lipinski definition) is 3.